The van der Waals surface area contributed by atoms with Gasteiger partial charge in [0.1, 0.15) is 10.9 Å². The zero-order valence-electron chi connectivity index (χ0n) is 16.7. The van der Waals surface area contributed by atoms with E-state index in [1.165, 1.54) is 30.3 Å². The van der Waals surface area contributed by atoms with E-state index in [4.69, 9.17) is 0 Å². The highest BCUT2D eigenvalue weighted by atomic mass is 32.2. The Labute approximate surface area is 174 Å². The fourth-order valence-electron chi connectivity index (χ4n) is 3.80. The molecule has 1 aliphatic heterocycles. The summed E-state index contributed by atoms with van der Waals surface area (Å²) in [6.45, 7) is 4.25. The molecule has 1 saturated heterocycles. The van der Waals surface area contributed by atoms with Crippen molar-refractivity contribution in [1.29, 1.82) is 0 Å². The van der Waals surface area contributed by atoms with Crippen LogP contribution in [0.15, 0.2) is 23.2 Å². The average molecular weight is 419 g/mol. The maximum absolute atomic E-state index is 13.0. The van der Waals surface area contributed by atoms with E-state index in [1.807, 2.05) is 6.92 Å². The molecule has 1 aliphatic carbocycles. The Morgan fingerprint density at radius 2 is 2.07 bits per heavy atom. The Hall–Kier alpha value is -2.42. The summed E-state index contributed by atoms with van der Waals surface area (Å²) in [5.41, 5.74) is 0.730. The summed E-state index contributed by atoms with van der Waals surface area (Å²) >= 11 is 1.33. The minimum absolute atomic E-state index is 0.0412. The molecule has 0 bridgehead atoms. The van der Waals surface area contributed by atoms with Gasteiger partial charge in [0.05, 0.1) is 4.92 Å². The van der Waals surface area contributed by atoms with Gasteiger partial charge in [0.15, 0.2) is 5.17 Å². The van der Waals surface area contributed by atoms with Crippen LogP contribution in [0.2, 0.25) is 0 Å². The van der Waals surface area contributed by atoms with E-state index >= 15 is 0 Å². The lowest BCUT2D eigenvalue weighted by molar-refractivity contribution is -0.384. The number of carbonyl (C=O) groups is 2. The summed E-state index contributed by atoms with van der Waals surface area (Å²) in [5.74, 6) is -0.494. The number of aryl methyl sites for hydroxylation is 1. The van der Waals surface area contributed by atoms with Crippen LogP contribution >= 0.6 is 11.8 Å². The Kier molecular flexibility index (Phi) is 6.89. The molecule has 9 heteroatoms. The predicted molar refractivity (Wildman–Crippen MR) is 114 cm³/mol. The molecule has 1 atom stereocenters. The van der Waals surface area contributed by atoms with E-state index in [1.54, 1.807) is 17.9 Å². The quantitative estimate of drug-likeness (QED) is 0.557. The van der Waals surface area contributed by atoms with Gasteiger partial charge in [-0.05, 0) is 38.3 Å². The number of nitrogens with zero attached hydrogens (tertiary/aromatic N) is 3. The summed E-state index contributed by atoms with van der Waals surface area (Å²) < 4.78 is 0. The third-order valence-electron chi connectivity index (χ3n) is 5.19. The standard InChI is InChI=1S/C20H26N4O4S/c1-3-21-20-23(14-7-5-4-6-8-14)19(26)17(29-20)12-18(25)22-15-10-9-13(2)11-16(15)24(27)28/h9-11,14,17H,3-8,12H2,1-2H3,(H,22,25). The van der Waals surface area contributed by atoms with Gasteiger partial charge in [-0.2, -0.15) is 0 Å². The minimum Gasteiger partial charge on any atom is -0.320 e. The Balaban J connectivity index is 1.71. The van der Waals surface area contributed by atoms with Crippen LogP contribution < -0.4 is 5.32 Å². The second-order valence-electron chi connectivity index (χ2n) is 7.39. The van der Waals surface area contributed by atoms with Gasteiger partial charge >= 0.3 is 0 Å². The van der Waals surface area contributed by atoms with Crippen molar-refractivity contribution in [2.75, 3.05) is 11.9 Å². The van der Waals surface area contributed by atoms with Gasteiger partial charge in [-0.3, -0.25) is 29.6 Å². The lowest BCUT2D eigenvalue weighted by Crippen LogP contribution is -2.42. The Bertz CT molecular complexity index is 836. The van der Waals surface area contributed by atoms with Crippen LogP contribution in [0.4, 0.5) is 11.4 Å². The van der Waals surface area contributed by atoms with Gasteiger partial charge in [0.25, 0.3) is 5.69 Å². The minimum atomic E-state index is -0.549. The number of nitro groups is 1. The highest BCUT2D eigenvalue weighted by Gasteiger charge is 2.42. The van der Waals surface area contributed by atoms with Crippen molar-refractivity contribution in [3.8, 4) is 0 Å². The van der Waals surface area contributed by atoms with Crippen LogP contribution in [-0.2, 0) is 9.59 Å². The molecular formula is C20H26N4O4S. The van der Waals surface area contributed by atoms with Gasteiger partial charge < -0.3 is 5.32 Å². The number of benzene rings is 1. The molecule has 2 aliphatic rings. The van der Waals surface area contributed by atoms with Gasteiger partial charge in [0.2, 0.25) is 11.8 Å². The first-order chi connectivity index (χ1) is 13.9. The second-order valence-corrected chi connectivity index (χ2v) is 8.56. The normalized spacial score (nSPS) is 21.6. The van der Waals surface area contributed by atoms with Gasteiger partial charge in [-0.25, -0.2) is 0 Å². The molecule has 1 unspecified atom stereocenters. The van der Waals surface area contributed by atoms with Crippen LogP contribution in [0.3, 0.4) is 0 Å². The third-order valence-corrected chi connectivity index (χ3v) is 6.38. The number of carbonyl (C=O) groups excluding carboxylic acids is 2. The number of nitrogens with one attached hydrogen (secondary N) is 1. The number of amides is 2. The molecule has 0 radical (unpaired) electrons. The number of hydrogen-bond donors (Lipinski definition) is 1. The van der Waals surface area contributed by atoms with Gasteiger partial charge in [0, 0.05) is 25.1 Å². The average Bonchev–Trinajstić information content (AvgIpc) is 2.99. The zero-order chi connectivity index (χ0) is 21.0. The van der Waals surface area contributed by atoms with Crippen molar-refractivity contribution >= 4 is 40.1 Å². The molecule has 1 saturated carbocycles. The fraction of sp³-hybridized carbons (Fsp3) is 0.550. The number of aliphatic imine (C=N–C) groups is 1. The fourth-order valence-corrected chi connectivity index (χ4v) is 5.06. The first-order valence-electron chi connectivity index (χ1n) is 9.99. The Morgan fingerprint density at radius 3 is 2.72 bits per heavy atom. The summed E-state index contributed by atoms with van der Waals surface area (Å²) in [7, 11) is 0. The summed E-state index contributed by atoms with van der Waals surface area (Å²) in [6.07, 6.45) is 5.27. The van der Waals surface area contributed by atoms with E-state index in [0.29, 0.717) is 11.7 Å². The van der Waals surface area contributed by atoms with Crippen LogP contribution in [0, 0.1) is 17.0 Å². The van der Waals surface area contributed by atoms with Gasteiger partial charge in [-0.1, -0.05) is 37.1 Å². The number of thioether (sulfide) groups is 1. The molecule has 156 valence electrons. The molecule has 8 nitrogen and oxygen atoms in total. The summed E-state index contributed by atoms with van der Waals surface area (Å²) in [6, 6.07) is 4.80. The van der Waals surface area contributed by atoms with Crippen LogP contribution in [0.25, 0.3) is 0 Å². The topological polar surface area (TPSA) is 105 Å². The molecule has 3 rings (SSSR count). The van der Waals surface area contributed by atoms with Crippen molar-refractivity contribution in [1.82, 2.24) is 4.90 Å². The maximum atomic E-state index is 13.0. The number of rotatable bonds is 6. The van der Waals surface area contributed by atoms with Crippen molar-refractivity contribution < 1.29 is 14.5 Å². The maximum Gasteiger partial charge on any atom is 0.293 e. The van der Waals surface area contributed by atoms with E-state index in [9.17, 15) is 19.7 Å². The smallest absolute Gasteiger partial charge is 0.293 e. The highest BCUT2D eigenvalue weighted by molar-refractivity contribution is 8.15. The molecule has 29 heavy (non-hydrogen) atoms. The second kappa shape index (κ2) is 9.39. The number of anilines is 1. The molecule has 1 aromatic carbocycles. The first kappa shape index (κ1) is 21.3. The van der Waals surface area contributed by atoms with Crippen molar-refractivity contribution in [3.63, 3.8) is 0 Å². The molecular weight excluding hydrogens is 392 g/mol. The molecule has 0 spiro atoms. The molecule has 1 heterocycles. The SMILES string of the molecule is CCN=C1SC(CC(=O)Nc2ccc(C)cc2[N+](=O)[O-])C(=O)N1C1CCCCC1. The van der Waals surface area contributed by atoms with E-state index < -0.39 is 16.1 Å². The molecule has 0 aromatic heterocycles. The zero-order valence-corrected chi connectivity index (χ0v) is 17.5. The van der Waals surface area contributed by atoms with Crippen molar-refractivity contribution in [2.24, 2.45) is 4.99 Å². The largest absolute Gasteiger partial charge is 0.320 e. The number of amidine groups is 1. The molecule has 1 N–H and O–H groups in total. The third kappa shape index (κ3) is 4.95. The van der Waals surface area contributed by atoms with Gasteiger partial charge in [-0.15, -0.1) is 0 Å². The number of nitro benzene ring substituents is 1. The van der Waals surface area contributed by atoms with E-state index in [2.05, 4.69) is 10.3 Å². The monoisotopic (exact) mass is 418 g/mol. The predicted octanol–water partition coefficient (Wildman–Crippen LogP) is 3.88. The molecule has 2 amide bonds. The first-order valence-corrected chi connectivity index (χ1v) is 10.9. The molecule has 2 fully saturated rings. The van der Waals surface area contributed by atoms with Crippen molar-refractivity contribution in [2.45, 2.75) is 63.7 Å². The van der Waals surface area contributed by atoms with Crippen LogP contribution in [-0.4, -0.2) is 44.6 Å². The number of hydrogen-bond acceptors (Lipinski definition) is 6. The lowest BCUT2D eigenvalue weighted by atomic mass is 9.94. The van der Waals surface area contributed by atoms with E-state index in [-0.39, 0.29) is 29.7 Å². The summed E-state index contributed by atoms with van der Waals surface area (Å²) in [4.78, 5) is 42.6. The van der Waals surface area contributed by atoms with E-state index in [0.717, 1.165) is 31.2 Å². The van der Waals surface area contributed by atoms with Crippen molar-refractivity contribution in [3.05, 3.63) is 33.9 Å². The highest BCUT2D eigenvalue weighted by Crippen LogP contribution is 2.35. The molecule has 1 aromatic rings. The Morgan fingerprint density at radius 1 is 1.34 bits per heavy atom. The lowest BCUT2D eigenvalue weighted by Gasteiger charge is -2.30. The van der Waals surface area contributed by atoms with Crippen LogP contribution in [0.1, 0.15) is 51.0 Å². The van der Waals surface area contributed by atoms with Crippen LogP contribution in [0.5, 0.6) is 0 Å². The summed E-state index contributed by atoms with van der Waals surface area (Å²) in [5, 5.41) is 14.0.